The quantitative estimate of drug-likeness (QED) is 0.765. The molecule has 1 aliphatic carbocycles. The van der Waals surface area contributed by atoms with E-state index in [-0.39, 0.29) is 5.41 Å². The standard InChI is InChI=1S/C13H25NO2/c1-5-13(4,15)8-14-10-9-6-7-16-11(9)12(10,2)3/h9-11,14-15H,5-8H2,1-4H3. The largest absolute Gasteiger partial charge is 0.389 e. The molecule has 4 atom stereocenters. The SMILES string of the molecule is CCC(C)(O)CNC1C2CCOC2C1(C)C. The highest BCUT2D eigenvalue weighted by molar-refractivity contribution is 5.11. The van der Waals surface area contributed by atoms with Crippen molar-refractivity contribution in [3.63, 3.8) is 0 Å². The number of ether oxygens (including phenoxy) is 1. The summed E-state index contributed by atoms with van der Waals surface area (Å²) in [4.78, 5) is 0. The Kier molecular flexibility index (Phi) is 3.06. The summed E-state index contributed by atoms with van der Waals surface area (Å²) in [6, 6.07) is 0.498. The van der Waals surface area contributed by atoms with Crippen LogP contribution in [0.3, 0.4) is 0 Å². The van der Waals surface area contributed by atoms with Crippen LogP contribution in [-0.2, 0) is 4.74 Å². The van der Waals surface area contributed by atoms with E-state index >= 15 is 0 Å². The van der Waals surface area contributed by atoms with Gasteiger partial charge in [0.05, 0.1) is 11.7 Å². The molecule has 1 saturated carbocycles. The Bertz CT molecular complexity index is 263. The molecule has 0 radical (unpaired) electrons. The Balaban J connectivity index is 1.91. The van der Waals surface area contributed by atoms with E-state index in [1.54, 1.807) is 0 Å². The molecule has 1 heterocycles. The zero-order valence-corrected chi connectivity index (χ0v) is 10.9. The van der Waals surface area contributed by atoms with Gasteiger partial charge in [-0.25, -0.2) is 0 Å². The highest BCUT2D eigenvalue weighted by atomic mass is 16.5. The van der Waals surface area contributed by atoms with Gasteiger partial charge in [-0.2, -0.15) is 0 Å². The minimum Gasteiger partial charge on any atom is -0.389 e. The van der Waals surface area contributed by atoms with Crippen LogP contribution < -0.4 is 5.32 Å². The number of rotatable bonds is 4. The van der Waals surface area contributed by atoms with Gasteiger partial charge in [0.2, 0.25) is 0 Å². The molecule has 0 bridgehead atoms. The minimum absolute atomic E-state index is 0.213. The Hall–Kier alpha value is -0.120. The van der Waals surface area contributed by atoms with Crippen molar-refractivity contribution in [3.05, 3.63) is 0 Å². The van der Waals surface area contributed by atoms with Crippen LogP contribution in [0.2, 0.25) is 0 Å². The monoisotopic (exact) mass is 227 g/mol. The number of fused-ring (bicyclic) bond motifs is 1. The number of hydrogen-bond acceptors (Lipinski definition) is 3. The normalized spacial score (nSPS) is 39.9. The third-order valence-electron chi connectivity index (χ3n) is 4.56. The molecule has 4 unspecified atom stereocenters. The minimum atomic E-state index is -0.583. The molecule has 0 amide bonds. The highest BCUT2D eigenvalue weighted by Gasteiger charge is 2.59. The molecule has 3 nitrogen and oxygen atoms in total. The maximum atomic E-state index is 10.0. The second-order valence-corrected chi connectivity index (χ2v) is 6.27. The van der Waals surface area contributed by atoms with Gasteiger partial charge >= 0.3 is 0 Å². The van der Waals surface area contributed by atoms with E-state index in [9.17, 15) is 5.11 Å². The van der Waals surface area contributed by atoms with Gasteiger partial charge in [-0.05, 0) is 19.8 Å². The lowest BCUT2D eigenvalue weighted by Gasteiger charge is -2.55. The molecule has 2 fully saturated rings. The smallest absolute Gasteiger partial charge is 0.0741 e. The van der Waals surface area contributed by atoms with Gasteiger partial charge in [-0.1, -0.05) is 20.8 Å². The van der Waals surface area contributed by atoms with Crippen LogP contribution in [0.5, 0.6) is 0 Å². The fourth-order valence-electron chi connectivity index (χ4n) is 3.19. The summed E-state index contributed by atoms with van der Waals surface area (Å²) >= 11 is 0. The maximum Gasteiger partial charge on any atom is 0.0741 e. The molecule has 1 saturated heterocycles. The van der Waals surface area contributed by atoms with Crippen LogP contribution in [0.15, 0.2) is 0 Å². The third-order valence-corrected chi connectivity index (χ3v) is 4.56. The predicted molar refractivity (Wildman–Crippen MR) is 64.3 cm³/mol. The van der Waals surface area contributed by atoms with Gasteiger partial charge in [0.15, 0.2) is 0 Å². The van der Waals surface area contributed by atoms with Crippen molar-refractivity contribution in [1.29, 1.82) is 0 Å². The molecule has 2 aliphatic rings. The molecule has 0 aromatic rings. The summed E-state index contributed by atoms with van der Waals surface area (Å²) in [5, 5.41) is 13.6. The fraction of sp³-hybridized carbons (Fsp3) is 1.00. The zero-order valence-electron chi connectivity index (χ0n) is 10.9. The van der Waals surface area contributed by atoms with Crippen LogP contribution in [0.1, 0.15) is 40.5 Å². The van der Waals surface area contributed by atoms with Crippen LogP contribution in [0.4, 0.5) is 0 Å². The first-order chi connectivity index (χ1) is 7.38. The van der Waals surface area contributed by atoms with Crippen molar-refractivity contribution in [1.82, 2.24) is 5.32 Å². The highest BCUT2D eigenvalue weighted by Crippen LogP contribution is 2.52. The van der Waals surface area contributed by atoms with Crippen LogP contribution in [-0.4, -0.2) is 36.0 Å². The summed E-state index contributed by atoms with van der Waals surface area (Å²) in [5.74, 6) is 0.655. The Morgan fingerprint density at radius 3 is 2.81 bits per heavy atom. The molecular formula is C13H25NO2. The van der Waals surface area contributed by atoms with Gasteiger partial charge in [0.25, 0.3) is 0 Å². The molecule has 1 aliphatic heterocycles. The Morgan fingerprint density at radius 2 is 2.19 bits per heavy atom. The second-order valence-electron chi connectivity index (χ2n) is 6.27. The first kappa shape index (κ1) is 12.3. The predicted octanol–water partition coefficient (Wildman–Crippen LogP) is 1.55. The molecule has 0 aromatic carbocycles. The third kappa shape index (κ3) is 1.89. The summed E-state index contributed by atoms with van der Waals surface area (Å²) in [6.45, 7) is 10.0. The second kappa shape index (κ2) is 3.97. The molecule has 3 heteroatoms. The van der Waals surface area contributed by atoms with E-state index in [4.69, 9.17) is 4.74 Å². The molecule has 0 spiro atoms. The number of nitrogens with one attached hydrogen (secondary N) is 1. The molecule has 2 rings (SSSR count). The number of hydrogen-bond donors (Lipinski definition) is 2. The first-order valence-corrected chi connectivity index (χ1v) is 6.46. The summed E-state index contributed by atoms with van der Waals surface area (Å²) in [6.07, 6.45) is 2.38. The number of aliphatic hydroxyl groups is 1. The van der Waals surface area contributed by atoms with Gasteiger partial charge in [-0.3, -0.25) is 0 Å². The fourth-order valence-corrected chi connectivity index (χ4v) is 3.19. The Morgan fingerprint density at radius 1 is 1.50 bits per heavy atom. The average Bonchev–Trinajstić information content (AvgIpc) is 2.64. The van der Waals surface area contributed by atoms with Gasteiger partial charge in [0, 0.05) is 30.5 Å². The van der Waals surface area contributed by atoms with E-state index in [1.807, 2.05) is 13.8 Å². The van der Waals surface area contributed by atoms with Crippen molar-refractivity contribution in [2.75, 3.05) is 13.2 Å². The summed E-state index contributed by atoms with van der Waals surface area (Å²) < 4.78 is 5.75. The van der Waals surface area contributed by atoms with Crippen molar-refractivity contribution in [2.45, 2.75) is 58.3 Å². The summed E-state index contributed by atoms with van der Waals surface area (Å²) in [5.41, 5.74) is -0.369. The van der Waals surface area contributed by atoms with E-state index in [1.165, 1.54) is 6.42 Å². The average molecular weight is 227 g/mol. The van der Waals surface area contributed by atoms with Gasteiger partial charge in [-0.15, -0.1) is 0 Å². The lowest BCUT2D eigenvalue weighted by Crippen LogP contribution is -2.67. The van der Waals surface area contributed by atoms with Crippen LogP contribution in [0.25, 0.3) is 0 Å². The van der Waals surface area contributed by atoms with Gasteiger partial charge in [0.1, 0.15) is 0 Å². The first-order valence-electron chi connectivity index (χ1n) is 6.46. The van der Waals surface area contributed by atoms with E-state index in [0.717, 1.165) is 13.0 Å². The van der Waals surface area contributed by atoms with Crippen molar-refractivity contribution >= 4 is 0 Å². The van der Waals surface area contributed by atoms with Crippen LogP contribution >= 0.6 is 0 Å². The van der Waals surface area contributed by atoms with E-state index in [2.05, 4.69) is 19.2 Å². The van der Waals surface area contributed by atoms with Crippen molar-refractivity contribution in [2.24, 2.45) is 11.3 Å². The van der Waals surface area contributed by atoms with Gasteiger partial charge < -0.3 is 15.2 Å². The molecular weight excluding hydrogens is 202 g/mol. The lowest BCUT2D eigenvalue weighted by molar-refractivity contribution is -0.117. The molecule has 16 heavy (non-hydrogen) atoms. The topological polar surface area (TPSA) is 41.5 Å². The van der Waals surface area contributed by atoms with Crippen molar-refractivity contribution < 1.29 is 9.84 Å². The molecule has 2 N–H and O–H groups in total. The van der Waals surface area contributed by atoms with E-state index < -0.39 is 5.60 Å². The Labute approximate surface area is 98.6 Å². The van der Waals surface area contributed by atoms with Crippen molar-refractivity contribution in [3.8, 4) is 0 Å². The maximum absolute atomic E-state index is 10.0. The molecule has 94 valence electrons. The molecule has 0 aromatic heterocycles. The summed E-state index contributed by atoms with van der Waals surface area (Å²) in [7, 11) is 0. The van der Waals surface area contributed by atoms with Crippen LogP contribution in [0, 0.1) is 11.3 Å². The zero-order chi connectivity index (χ0) is 12.0. The lowest BCUT2D eigenvalue weighted by atomic mass is 9.57. The van der Waals surface area contributed by atoms with E-state index in [0.29, 0.717) is 24.6 Å².